The van der Waals surface area contributed by atoms with Crippen LogP contribution < -0.4 is 12.4 Å². The van der Waals surface area contributed by atoms with Crippen molar-refractivity contribution < 1.29 is 31.9 Å². The number of imidazole rings is 1. The van der Waals surface area contributed by atoms with E-state index >= 15 is 0 Å². The van der Waals surface area contributed by atoms with Gasteiger partial charge in [-0.2, -0.15) is 0 Å². The predicted molar refractivity (Wildman–Crippen MR) is 22.0 cm³/mol. The maximum atomic E-state index is 3.66. The molecule has 4 heteroatoms. The van der Waals surface area contributed by atoms with E-state index in [2.05, 4.69) is 11.3 Å². The van der Waals surface area contributed by atoms with Gasteiger partial charge in [-0.05, 0) is 7.05 Å². The summed E-state index contributed by atoms with van der Waals surface area (Å²) in [5.41, 5.74) is 0. The molecule has 1 rings (SSSR count). The normalized spacial score (nSPS) is 6.62. The molecule has 40 valence electrons. The molecule has 1 aromatic heterocycles. The van der Waals surface area contributed by atoms with Crippen LogP contribution in [0.1, 0.15) is 0 Å². The van der Waals surface area contributed by atoms with Crippen molar-refractivity contribution in [3.63, 3.8) is 0 Å². The molecular weight excluding hydrogens is 177 g/mol. The maximum Gasteiger partial charge on any atom is 2.00 e. The summed E-state index contributed by atoms with van der Waals surface area (Å²) in [7, 11) is 1.88. The van der Waals surface area contributed by atoms with E-state index in [9.17, 15) is 0 Å². The van der Waals surface area contributed by atoms with Crippen LogP contribution in [-0.2, 0) is 26.5 Å². The fourth-order valence-corrected chi connectivity index (χ4v) is 0.291. The summed E-state index contributed by atoms with van der Waals surface area (Å²) in [6.07, 6.45) is 6.19. The van der Waals surface area contributed by atoms with Crippen LogP contribution in [0.15, 0.2) is 12.4 Å². The molecule has 0 amide bonds. The minimum atomic E-state index is 0. The molecule has 8 heavy (non-hydrogen) atoms. The van der Waals surface area contributed by atoms with Crippen LogP contribution in [0.3, 0.4) is 0 Å². The molecule has 0 bridgehead atoms. The molecule has 0 aromatic carbocycles. The maximum absolute atomic E-state index is 3.66. The molecule has 0 atom stereocenters. The predicted octanol–water partition coefficient (Wildman–Crippen LogP) is -2.78. The van der Waals surface area contributed by atoms with Gasteiger partial charge < -0.3 is 22.0 Å². The zero-order valence-electron chi connectivity index (χ0n) is 4.63. The molecule has 0 saturated carbocycles. The second-order valence-corrected chi connectivity index (χ2v) is 1.14. The molecule has 0 radical (unpaired) electrons. The molecule has 1 aromatic rings. The molecule has 0 aliphatic heterocycles. The van der Waals surface area contributed by atoms with Gasteiger partial charge >= 0.3 is 19.5 Å². The van der Waals surface area contributed by atoms with Crippen molar-refractivity contribution in [2.75, 3.05) is 0 Å². The summed E-state index contributed by atoms with van der Waals surface area (Å²) < 4.78 is 1.76. The number of hydrogen-bond acceptors (Lipinski definition) is 1. The third kappa shape index (κ3) is 3.17. The van der Waals surface area contributed by atoms with Gasteiger partial charge in [-0.1, -0.05) is 0 Å². The van der Waals surface area contributed by atoms with Crippen LogP contribution in [0.4, 0.5) is 0 Å². The minimum Gasteiger partial charge on any atom is -1.00 e. The Kier molecular flexibility index (Phi) is 7.23. The Hall–Kier alpha value is 0.123. The molecular formula is C4H5ClN2Zn. The Morgan fingerprint density at radius 1 is 1.62 bits per heavy atom. The van der Waals surface area contributed by atoms with Crippen molar-refractivity contribution in [3.8, 4) is 0 Å². The summed E-state index contributed by atoms with van der Waals surface area (Å²) in [6, 6.07) is 0. The first-order chi connectivity index (χ1) is 2.89. The van der Waals surface area contributed by atoms with Gasteiger partial charge in [-0.15, -0.1) is 12.4 Å². The Bertz CT molecular complexity index is 118. The fraction of sp³-hybridized carbons (Fsp3) is 0.250. The number of halogens is 1. The van der Waals surface area contributed by atoms with E-state index in [1.54, 1.807) is 10.8 Å². The number of nitrogens with zero attached hydrogens (tertiary/aromatic N) is 2. The van der Waals surface area contributed by atoms with E-state index in [1.165, 1.54) is 0 Å². The van der Waals surface area contributed by atoms with Crippen LogP contribution in [0, 0.1) is 6.33 Å². The number of hydrogen-bond donors (Lipinski definition) is 0. The summed E-state index contributed by atoms with van der Waals surface area (Å²) >= 11 is 0. The Morgan fingerprint density at radius 2 is 2.25 bits per heavy atom. The van der Waals surface area contributed by atoms with Gasteiger partial charge in [0, 0.05) is 6.33 Å². The zero-order valence-corrected chi connectivity index (χ0v) is 8.36. The van der Waals surface area contributed by atoms with Crippen molar-refractivity contribution >= 4 is 0 Å². The first-order valence-corrected chi connectivity index (χ1v) is 1.74. The first kappa shape index (κ1) is 11.0. The number of rotatable bonds is 0. The third-order valence-corrected chi connectivity index (χ3v) is 0.580. The molecule has 1 heterocycles. The molecule has 0 aliphatic rings. The van der Waals surface area contributed by atoms with Gasteiger partial charge in [-0.3, -0.25) is 0 Å². The average molecular weight is 182 g/mol. The van der Waals surface area contributed by atoms with Crippen LogP contribution in [0.2, 0.25) is 0 Å². The quantitative estimate of drug-likeness (QED) is 0.313. The second kappa shape index (κ2) is 5.26. The van der Waals surface area contributed by atoms with Crippen LogP contribution in [0.5, 0.6) is 0 Å². The fourth-order valence-electron chi connectivity index (χ4n) is 0.291. The molecule has 0 N–H and O–H groups in total. The van der Waals surface area contributed by atoms with Crippen LogP contribution in [0.25, 0.3) is 0 Å². The van der Waals surface area contributed by atoms with Crippen molar-refractivity contribution in [1.82, 2.24) is 9.55 Å². The Balaban J connectivity index is 0. The molecule has 2 nitrogen and oxygen atoms in total. The summed E-state index contributed by atoms with van der Waals surface area (Å²) in [4.78, 5) is 3.66. The van der Waals surface area contributed by atoms with Gasteiger partial charge in [-0.25, -0.2) is 0 Å². The molecule has 0 saturated heterocycles. The van der Waals surface area contributed by atoms with E-state index in [0.717, 1.165) is 0 Å². The monoisotopic (exact) mass is 180 g/mol. The van der Waals surface area contributed by atoms with Crippen molar-refractivity contribution in [3.05, 3.63) is 18.7 Å². The molecule has 0 aliphatic carbocycles. The van der Waals surface area contributed by atoms with Crippen molar-refractivity contribution in [1.29, 1.82) is 0 Å². The topological polar surface area (TPSA) is 17.8 Å². The van der Waals surface area contributed by atoms with E-state index in [4.69, 9.17) is 0 Å². The van der Waals surface area contributed by atoms with E-state index in [-0.39, 0.29) is 31.9 Å². The molecule has 0 fully saturated rings. The van der Waals surface area contributed by atoms with Gasteiger partial charge in [0.05, 0.1) is 0 Å². The second-order valence-electron chi connectivity index (χ2n) is 1.14. The van der Waals surface area contributed by atoms with Crippen LogP contribution >= 0.6 is 0 Å². The smallest absolute Gasteiger partial charge is 1.00 e. The summed E-state index contributed by atoms with van der Waals surface area (Å²) in [5, 5.41) is 0. The van der Waals surface area contributed by atoms with E-state index in [1.807, 2.05) is 13.2 Å². The standard InChI is InChI=1S/C4H5N2.ClH.Zn/c1-6-3-2-5-4-6;;/h2-3H,1H3;1H;/q-1;;+2/p-1. The molecule has 0 spiro atoms. The van der Waals surface area contributed by atoms with Gasteiger partial charge in [0.25, 0.3) is 0 Å². The zero-order chi connectivity index (χ0) is 4.41. The number of aryl methyl sites for hydroxylation is 1. The van der Waals surface area contributed by atoms with E-state index < -0.39 is 0 Å². The minimum absolute atomic E-state index is 0. The Morgan fingerprint density at radius 3 is 2.38 bits per heavy atom. The van der Waals surface area contributed by atoms with Gasteiger partial charge in [0.2, 0.25) is 0 Å². The number of aromatic nitrogens is 2. The van der Waals surface area contributed by atoms with Crippen molar-refractivity contribution in [2.24, 2.45) is 7.05 Å². The Labute approximate surface area is 67.5 Å². The first-order valence-electron chi connectivity index (χ1n) is 1.74. The summed E-state index contributed by atoms with van der Waals surface area (Å²) in [5.74, 6) is 0. The SMILES string of the molecule is Cn1[c-]ncc1.[Cl-].[Zn+2]. The average Bonchev–Trinajstić information content (AvgIpc) is 1.86. The van der Waals surface area contributed by atoms with Gasteiger partial charge in [0.15, 0.2) is 0 Å². The third-order valence-electron chi connectivity index (χ3n) is 0.580. The van der Waals surface area contributed by atoms with Crippen molar-refractivity contribution in [2.45, 2.75) is 0 Å². The van der Waals surface area contributed by atoms with Gasteiger partial charge in [0.1, 0.15) is 0 Å². The largest absolute Gasteiger partial charge is 2.00 e. The van der Waals surface area contributed by atoms with Crippen LogP contribution in [-0.4, -0.2) is 9.55 Å². The molecule has 0 unspecified atom stereocenters. The summed E-state index contributed by atoms with van der Waals surface area (Å²) in [6.45, 7) is 0. The van der Waals surface area contributed by atoms with E-state index in [0.29, 0.717) is 0 Å².